The summed E-state index contributed by atoms with van der Waals surface area (Å²) in [5, 5.41) is 19.3. The average molecular weight is 364 g/mol. The van der Waals surface area contributed by atoms with E-state index < -0.39 is 5.97 Å². The van der Waals surface area contributed by atoms with Gasteiger partial charge in [-0.15, -0.1) is 0 Å². The van der Waals surface area contributed by atoms with Crippen LogP contribution < -0.4 is 15.2 Å². The SMILES string of the molecule is CCOC(=O)CCc1nc(N)c(C#N)c(-c2ccc3c(c2)OCO3)c1C#N. The Morgan fingerprint density at radius 1 is 1.26 bits per heavy atom. The summed E-state index contributed by atoms with van der Waals surface area (Å²) in [5.41, 5.74) is 7.55. The monoisotopic (exact) mass is 364 g/mol. The van der Waals surface area contributed by atoms with Crippen LogP contribution in [0, 0.1) is 22.7 Å². The van der Waals surface area contributed by atoms with E-state index in [0.717, 1.165) is 0 Å². The summed E-state index contributed by atoms with van der Waals surface area (Å²) in [7, 11) is 0. The van der Waals surface area contributed by atoms with E-state index in [2.05, 4.69) is 11.1 Å². The number of ether oxygens (including phenoxy) is 3. The van der Waals surface area contributed by atoms with Gasteiger partial charge in [-0.1, -0.05) is 6.07 Å². The van der Waals surface area contributed by atoms with Gasteiger partial charge in [-0.2, -0.15) is 10.5 Å². The molecule has 136 valence electrons. The fourth-order valence-corrected chi connectivity index (χ4v) is 2.86. The van der Waals surface area contributed by atoms with Crippen molar-refractivity contribution in [3.05, 3.63) is 35.0 Å². The second kappa shape index (κ2) is 7.63. The Balaban J connectivity index is 2.10. The third-order valence-electron chi connectivity index (χ3n) is 4.06. The van der Waals surface area contributed by atoms with E-state index in [9.17, 15) is 15.3 Å². The van der Waals surface area contributed by atoms with Crippen molar-refractivity contribution in [3.8, 4) is 34.8 Å². The van der Waals surface area contributed by atoms with Crippen LogP contribution in [0.25, 0.3) is 11.1 Å². The van der Waals surface area contributed by atoms with Crippen LogP contribution in [-0.2, 0) is 16.0 Å². The topological polar surface area (TPSA) is 131 Å². The van der Waals surface area contributed by atoms with Crippen molar-refractivity contribution >= 4 is 11.8 Å². The lowest BCUT2D eigenvalue weighted by atomic mass is 9.93. The number of nitriles is 2. The van der Waals surface area contributed by atoms with Crippen LogP contribution in [0.4, 0.5) is 5.82 Å². The summed E-state index contributed by atoms with van der Waals surface area (Å²) in [5.74, 6) is 0.711. The molecule has 1 aromatic carbocycles. The molecule has 0 bridgehead atoms. The number of hydrogen-bond acceptors (Lipinski definition) is 8. The molecule has 0 saturated carbocycles. The fraction of sp³-hybridized carbons (Fsp3) is 0.263. The van der Waals surface area contributed by atoms with Crippen LogP contribution >= 0.6 is 0 Å². The number of carbonyl (C=O) groups is 1. The van der Waals surface area contributed by atoms with Crippen LogP contribution in [0.5, 0.6) is 11.5 Å². The highest BCUT2D eigenvalue weighted by atomic mass is 16.7. The van der Waals surface area contributed by atoms with E-state index in [4.69, 9.17) is 19.9 Å². The highest BCUT2D eigenvalue weighted by Gasteiger charge is 2.23. The number of fused-ring (bicyclic) bond motifs is 1. The van der Waals surface area contributed by atoms with E-state index in [0.29, 0.717) is 28.3 Å². The number of rotatable bonds is 5. The zero-order valence-electron chi connectivity index (χ0n) is 14.6. The van der Waals surface area contributed by atoms with Gasteiger partial charge in [0.05, 0.1) is 24.3 Å². The maximum atomic E-state index is 11.7. The zero-order chi connectivity index (χ0) is 19.4. The molecule has 8 nitrogen and oxygen atoms in total. The van der Waals surface area contributed by atoms with Crippen molar-refractivity contribution in [2.24, 2.45) is 0 Å². The molecule has 2 aromatic rings. The molecule has 0 saturated heterocycles. The minimum absolute atomic E-state index is 0.00280. The summed E-state index contributed by atoms with van der Waals surface area (Å²) in [6.07, 6.45) is 0.233. The maximum Gasteiger partial charge on any atom is 0.306 e. The smallest absolute Gasteiger partial charge is 0.306 e. The molecule has 27 heavy (non-hydrogen) atoms. The molecule has 1 aliphatic rings. The number of nitrogens with zero attached hydrogens (tertiary/aromatic N) is 3. The second-order valence-corrected chi connectivity index (χ2v) is 5.67. The molecule has 0 unspecified atom stereocenters. The molecule has 1 aliphatic heterocycles. The molecule has 0 spiro atoms. The third-order valence-corrected chi connectivity index (χ3v) is 4.06. The number of aromatic nitrogens is 1. The molecular weight excluding hydrogens is 348 g/mol. The number of hydrogen-bond donors (Lipinski definition) is 1. The summed E-state index contributed by atoms with van der Waals surface area (Å²) in [4.78, 5) is 15.8. The third kappa shape index (κ3) is 3.46. The predicted octanol–water partition coefficient (Wildman–Crippen LogP) is 2.30. The normalized spacial score (nSPS) is 11.5. The van der Waals surface area contributed by atoms with Crippen molar-refractivity contribution in [3.63, 3.8) is 0 Å². The average Bonchev–Trinajstić information content (AvgIpc) is 3.13. The number of benzene rings is 1. The quantitative estimate of drug-likeness (QED) is 0.799. The van der Waals surface area contributed by atoms with Gasteiger partial charge in [0.2, 0.25) is 6.79 Å². The standard InChI is InChI=1S/C19H16N4O4/c1-2-25-17(24)6-4-14-12(8-20)18(13(9-21)19(22)23-14)11-3-5-15-16(7-11)27-10-26-15/h3,5,7H,2,4,6,10H2,1H3,(H2,22,23). The van der Waals surface area contributed by atoms with E-state index in [1.54, 1.807) is 25.1 Å². The van der Waals surface area contributed by atoms with E-state index in [1.807, 2.05) is 6.07 Å². The number of esters is 1. The number of anilines is 1. The van der Waals surface area contributed by atoms with Crippen molar-refractivity contribution in [1.82, 2.24) is 4.98 Å². The molecule has 1 aromatic heterocycles. The number of nitrogen functional groups attached to an aromatic ring is 1. The minimum atomic E-state index is -0.393. The minimum Gasteiger partial charge on any atom is -0.466 e. The Hall–Kier alpha value is -3.78. The molecule has 2 N–H and O–H groups in total. The van der Waals surface area contributed by atoms with Gasteiger partial charge in [0.1, 0.15) is 23.5 Å². The zero-order valence-corrected chi connectivity index (χ0v) is 14.6. The van der Waals surface area contributed by atoms with E-state index >= 15 is 0 Å². The first-order valence-corrected chi connectivity index (χ1v) is 8.27. The molecule has 0 radical (unpaired) electrons. The number of pyridine rings is 1. The Morgan fingerprint density at radius 2 is 2.00 bits per heavy atom. The van der Waals surface area contributed by atoms with Crippen LogP contribution in [-0.4, -0.2) is 24.4 Å². The van der Waals surface area contributed by atoms with E-state index in [-0.39, 0.29) is 43.2 Å². The first-order valence-electron chi connectivity index (χ1n) is 8.27. The van der Waals surface area contributed by atoms with Crippen molar-refractivity contribution < 1.29 is 19.0 Å². The lowest BCUT2D eigenvalue weighted by Gasteiger charge is -2.13. The lowest BCUT2D eigenvalue weighted by Crippen LogP contribution is -2.10. The molecule has 0 atom stereocenters. The number of nitrogens with two attached hydrogens (primary N) is 1. The Labute approximate surface area is 155 Å². The Morgan fingerprint density at radius 3 is 2.70 bits per heavy atom. The fourth-order valence-electron chi connectivity index (χ4n) is 2.86. The number of carbonyl (C=O) groups excluding carboxylic acids is 1. The van der Waals surface area contributed by atoms with Gasteiger partial charge in [0.25, 0.3) is 0 Å². The van der Waals surface area contributed by atoms with Gasteiger partial charge in [-0.05, 0) is 24.6 Å². The van der Waals surface area contributed by atoms with Crippen LogP contribution in [0.15, 0.2) is 18.2 Å². The molecule has 2 heterocycles. The Bertz CT molecular complexity index is 989. The van der Waals surface area contributed by atoms with Crippen LogP contribution in [0.2, 0.25) is 0 Å². The van der Waals surface area contributed by atoms with Gasteiger partial charge in [-0.3, -0.25) is 4.79 Å². The predicted molar refractivity (Wildman–Crippen MR) is 94.6 cm³/mol. The largest absolute Gasteiger partial charge is 0.466 e. The van der Waals surface area contributed by atoms with Crippen LogP contribution in [0.3, 0.4) is 0 Å². The second-order valence-electron chi connectivity index (χ2n) is 5.67. The molecule has 0 amide bonds. The molecule has 0 fully saturated rings. The van der Waals surface area contributed by atoms with Crippen molar-refractivity contribution in [2.75, 3.05) is 19.1 Å². The Kier molecular flexibility index (Phi) is 5.09. The first kappa shape index (κ1) is 18.0. The summed E-state index contributed by atoms with van der Waals surface area (Å²) >= 11 is 0. The van der Waals surface area contributed by atoms with Crippen molar-refractivity contribution in [2.45, 2.75) is 19.8 Å². The van der Waals surface area contributed by atoms with E-state index in [1.165, 1.54) is 0 Å². The van der Waals surface area contributed by atoms with Gasteiger partial charge in [0, 0.05) is 12.0 Å². The maximum absolute atomic E-state index is 11.7. The number of aryl methyl sites for hydroxylation is 1. The molecule has 0 aliphatic carbocycles. The van der Waals surface area contributed by atoms with Gasteiger partial charge in [-0.25, -0.2) is 4.98 Å². The highest BCUT2D eigenvalue weighted by molar-refractivity contribution is 5.82. The molecule has 8 heteroatoms. The summed E-state index contributed by atoms with van der Waals surface area (Å²) in [6.45, 7) is 2.10. The lowest BCUT2D eigenvalue weighted by molar-refractivity contribution is -0.143. The van der Waals surface area contributed by atoms with Crippen molar-refractivity contribution in [1.29, 1.82) is 10.5 Å². The first-order chi connectivity index (χ1) is 13.1. The molecule has 3 rings (SSSR count). The summed E-state index contributed by atoms with van der Waals surface area (Å²) in [6, 6.07) is 9.22. The van der Waals surface area contributed by atoms with Crippen LogP contribution in [0.1, 0.15) is 30.2 Å². The molecular formula is C19H16N4O4. The van der Waals surface area contributed by atoms with Gasteiger partial charge < -0.3 is 19.9 Å². The highest BCUT2D eigenvalue weighted by Crippen LogP contribution is 2.39. The summed E-state index contributed by atoms with van der Waals surface area (Å²) < 4.78 is 15.6. The van der Waals surface area contributed by atoms with Gasteiger partial charge >= 0.3 is 5.97 Å². The van der Waals surface area contributed by atoms with Gasteiger partial charge in [0.15, 0.2) is 11.5 Å².